The van der Waals surface area contributed by atoms with Gasteiger partial charge in [0.1, 0.15) is 0 Å². The maximum Gasteiger partial charge on any atom is 0.429 e. The van der Waals surface area contributed by atoms with Crippen LogP contribution in [0, 0.1) is 0 Å². The highest BCUT2D eigenvalue weighted by atomic mass is 19.4. The Morgan fingerprint density at radius 3 is 2.00 bits per heavy atom. The second-order valence-corrected chi connectivity index (χ2v) is 6.16. The summed E-state index contributed by atoms with van der Waals surface area (Å²) in [4.78, 5) is 24.1. The van der Waals surface area contributed by atoms with Crippen LogP contribution >= 0.6 is 0 Å². The van der Waals surface area contributed by atoms with E-state index < -0.39 is 24.2 Å². The first-order valence-electron chi connectivity index (χ1n) is 8.92. The van der Waals surface area contributed by atoms with E-state index in [0.717, 1.165) is 19.3 Å². The minimum atomic E-state index is -4.75. The van der Waals surface area contributed by atoms with Gasteiger partial charge in [0.05, 0.1) is 17.7 Å². The Balaban J connectivity index is 2.04. The zero-order valence-electron chi connectivity index (χ0n) is 15.4. The van der Waals surface area contributed by atoms with Gasteiger partial charge < -0.3 is 9.47 Å². The molecule has 0 spiro atoms. The van der Waals surface area contributed by atoms with Gasteiger partial charge in [0.2, 0.25) is 6.10 Å². The van der Waals surface area contributed by atoms with Crippen LogP contribution in [0.4, 0.5) is 13.2 Å². The summed E-state index contributed by atoms with van der Waals surface area (Å²) in [6.07, 6.45) is -4.43. The van der Waals surface area contributed by atoms with Crippen molar-refractivity contribution in [3.05, 3.63) is 71.3 Å². The summed E-state index contributed by atoms with van der Waals surface area (Å²) >= 11 is 0. The van der Waals surface area contributed by atoms with Crippen molar-refractivity contribution < 1.29 is 32.2 Å². The zero-order valence-corrected chi connectivity index (χ0v) is 15.4. The summed E-state index contributed by atoms with van der Waals surface area (Å²) in [6, 6.07) is 12.0. The van der Waals surface area contributed by atoms with Crippen LogP contribution in [0.25, 0.3) is 0 Å². The van der Waals surface area contributed by atoms with E-state index in [-0.39, 0.29) is 16.7 Å². The van der Waals surface area contributed by atoms with E-state index in [9.17, 15) is 22.8 Å². The number of unbranched alkanes of at least 4 members (excludes halogenated alkanes) is 2. The topological polar surface area (TPSA) is 52.6 Å². The Morgan fingerprint density at radius 1 is 0.893 bits per heavy atom. The smallest absolute Gasteiger partial charge is 0.429 e. The summed E-state index contributed by atoms with van der Waals surface area (Å²) in [7, 11) is 0. The first-order valence-corrected chi connectivity index (χ1v) is 8.92. The van der Waals surface area contributed by atoms with Gasteiger partial charge in [0.25, 0.3) is 0 Å². The second-order valence-electron chi connectivity index (χ2n) is 6.16. The number of carbonyl (C=O) groups excluding carboxylic acids is 2. The molecule has 28 heavy (non-hydrogen) atoms. The summed E-state index contributed by atoms with van der Waals surface area (Å²) < 4.78 is 49.7. The van der Waals surface area contributed by atoms with Crippen LogP contribution in [-0.2, 0) is 9.47 Å². The van der Waals surface area contributed by atoms with Crippen molar-refractivity contribution in [3.63, 3.8) is 0 Å². The molecule has 150 valence electrons. The Morgan fingerprint density at radius 2 is 1.46 bits per heavy atom. The standard InChI is InChI=1S/C21H21F3O4/c1-2-3-7-14-27-19(25)16-10-12-17(13-11-16)20(26)28-18(21(22,23)24)15-8-5-4-6-9-15/h4-6,8-13,18H,2-3,7,14H2,1H3. The average Bonchev–Trinajstić information content (AvgIpc) is 2.69. The molecule has 0 aliphatic carbocycles. The van der Waals surface area contributed by atoms with E-state index in [0.29, 0.717) is 6.61 Å². The molecule has 0 saturated carbocycles. The minimum absolute atomic E-state index is 0.0901. The highest BCUT2D eigenvalue weighted by molar-refractivity contribution is 5.93. The molecule has 2 rings (SSSR count). The van der Waals surface area contributed by atoms with Crippen molar-refractivity contribution in [1.29, 1.82) is 0 Å². The zero-order chi connectivity index (χ0) is 20.6. The molecule has 0 aliphatic rings. The van der Waals surface area contributed by atoms with E-state index >= 15 is 0 Å². The van der Waals surface area contributed by atoms with Crippen molar-refractivity contribution in [2.75, 3.05) is 6.61 Å². The SMILES string of the molecule is CCCCCOC(=O)c1ccc(C(=O)OC(c2ccccc2)C(F)(F)F)cc1. The van der Waals surface area contributed by atoms with E-state index in [1.54, 1.807) is 6.07 Å². The molecule has 0 saturated heterocycles. The minimum Gasteiger partial charge on any atom is -0.462 e. The molecule has 4 nitrogen and oxygen atoms in total. The molecule has 0 amide bonds. The van der Waals surface area contributed by atoms with Gasteiger partial charge in [0.15, 0.2) is 0 Å². The summed E-state index contributed by atoms with van der Waals surface area (Å²) in [5, 5.41) is 0. The third-order valence-corrected chi connectivity index (χ3v) is 3.96. The molecule has 0 aromatic heterocycles. The summed E-state index contributed by atoms with van der Waals surface area (Å²) in [5.41, 5.74) is -0.0492. The number of ether oxygens (including phenoxy) is 2. The largest absolute Gasteiger partial charge is 0.462 e. The fraction of sp³-hybridized carbons (Fsp3) is 0.333. The van der Waals surface area contributed by atoms with Crippen molar-refractivity contribution >= 4 is 11.9 Å². The lowest BCUT2D eigenvalue weighted by Gasteiger charge is -2.21. The molecule has 0 fully saturated rings. The lowest BCUT2D eigenvalue weighted by Crippen LogP contribution is -2.26. The van der Waals surface area contributed by atoms with Crippen LogP contribution in [0.1, 0.15) is 58.6 Å². The van der Waals surface area contributed by atoms with Gasteiger partial charge in [-0.05, 0) is 30.7 Å². The van der Waals surface area contributed by atoms with Gasteiger partial charge in [0, 0.05) is 5.56 Å². The Hall–Kier alpha value is -2.83. The molecule has 0 N–H and O–H groups in total. The van der Waals surface area contributed by atoms with Gasteiger partial charge in [-0.25, -0.2) is 9.59 Å². The molecule has 7 heteroatoms. The average molecular weight is 394 g/mol. The summed E-state index contributed by atoms with van der Waals surface area (Å²) in [5.74, 6) is -1.68. The van der Waals surface area contributed by atoms with Crippen molar-refractivity contribution in [3.8, 4) is 0 Å². The van der Waals surface area contributed by atoms with Gasteiger partial charge in [-0.3, -0.25) is 0 Å². The molecular weight excluding hydrogens is 373 g/mol. The van der Waals surface area contributed by atoms with Crippen LogP contribution < -0.4 is 0 Å². The molecule has 0 aliphatic heterocycles. The monoisotopic (exact) mass is 394 g/mol. The van der Waals surface area contributed by atoms with Crippen molar-refractivity contribution in [2.24, 2.45) is 0 Å². The van der Waals surface area contributed by atoms with Crippen molar-refractivity contribution in [2.45, 2.75) is 38.5 Å². The molecule has 1 atom stereocenters. The predicted octanol–water partition coefficient (Wildman–Crippen LogP) is 5.49. The van der Waals surface area contributed by atoms with Crippen molar-refractivity contribution in [1.82, 2.24) is 0 Å². The Kier molecular flexibility index (Phi) is 7.61. The first kappa shape index (κ1) is 21.5. The Labute approximate surface area is 161 Å². The third kappa shape index (κ3) is 6.11. The number of esters is 2. The number of hydrogen-bond acceptors (Lipinski definition) is 4. The maximum atomic E-state index is 13.3. The second kappa shape index (κ2) is 9.92. The number of alkyl halides is 3. The van der Waals surface area contributed by atoms with Crippen LogP contribution in [0.5, 0.6) is 0 Å². The maximum absolute atomic E-state index is 13.3. The molecule has 2 aromatic rings. The van der Waals surface area contributed by atoms with Gasteiger partial charge in [-0.1, -0.05) is 50.1 Å². The van der Waals surface area contributed by atoms with Crippen LogP contribution in [0.3, 0.4) is 0 Å². The lowest BCUT2D eigenvalue weighted by atomic mass is 10.1. The Bertz CT molecular complexity index is 770. The van der Waals surface area contributed by atoms with Gasteiger partial charge in [-0.15, -0.1) is 0 Å². The molecule has 0 heterocycles. The number of rotatable bonds is 8. The summed E-state index contributed by atoms with van der Waals surface area (Å²) in [6.45, 7) is 2.32. The van der Waals surface area contributed by atoms with E-state index in [1.165, 1.54) is 48.5 Å². The molecule has 0 radical (unpaired) electrons. The molecule has 0 bridgehead atoms. The van der Waals surface area contributed by atoms with Crippen LogP contribution in [0.15, 0.2) is 54.6 Å². The fourth-order valence-corrected chi connectivity index (χ4v) is 2.47. The number of halogens is 3. The van der Waals surface area contributed by atoms with Gasteiger partial charge in [-0.2, -0.15) is 13.2 Å². The first-order chi connectivity index (χ1) is 13.3. The highest BCUT2D eigenvalue weighted by Crippen LogP contribution is 2.36. The highest BCUT2D eigenvalue weighted by Gasteiger charge is 2.44. The number of benzene rings is 2. The third-order valence-electron chi connectivity index (χ3n) is 3.96. The number of hydrogen-bond donors (Lipinski definition) is 0. The quantitative estimate of drug-likeness (QED) is 0.439. The molecule has 1 unspecified atom stereocenters. The molecular formula is C21H21F3O4. The number of carbonyl (C=O) groups is 2. The van der Waals surface area contributed by atoms with Gasteiger partial charge >= 0.3 is 18.1 Å². The van der Waals surface area contributed by atoms with E-state index in [4.69, 9.17) is 9.47 Å². The normalized spacial score (nSPS) is 12.3. The van der Waals surface area contributed by atoms with Crippen LogP contribution in [0.2, 0.25) is 0 Å². The lowest BCUT2D eigenvalue weighted by molar-refractivity contribution is -0.207. The predicted molar refractivity (Wildman–Crippen MR) is 96.9 cm³/mol. The van der Waals surface area contributed by atoms with E-state index in [1.807, 2.05) is 6.92 Å². The van der Waals surface area contributed by atoms with E-state index in [2.05, 4.69) is 0 Å². The fourth-order valence-electron chi connectivity index (χ4n) is 2.47. The van der Waals surface area contributed by atoms with Crippen LogP contribution in [-0.4, -0.2) is 24.7 Å². The molecule has 2 aromatic carbocycles.